The third-order valence-corrected chi connectivity index (χ3v) is 5.75. The van der Waals surface area contributed by atoms with Gasteiger partial charge in [0.2, 0.25) is 0 Å². The Bertz CT molecular complexity index is 730. The molecule has 0 unspecified atom stereocenters. The van der Waals surface area contributed by atoms with Gasteiger partial charge in [0.15, 0.2) is 5.84 Å². The second-order valence-electron chi connectivity index (χ2n) is 6.38. The zero-order valence-electron chi connectivity index (χ0n) is 13.6. The van der Waals surface area contributed by atoms with Gasteiger partial charge in [-0.25, -0.2) is 8.42 Å². The smallest absolute Gasteiger partial charge is 0.331 e. The molecular formula is C16H20F3N3O2S. The molecule has 0 spiro atoms. The van der Waals surface area contributed by atoms with Gasteiger partial charge in [-0.15, -0.1) is 4.40 Å². The molecule has 3 heterocycles. The molecule has 0 aromatic rings. The summed E-state index contributed by atoms with van der Waals surface area (Å²) >= 11 is 0. The SMILES string of the molecule is O=S1(=O)CCN2C=CC=C(C=CCN3CCC(C(F)(F)F)CC3)C2=N1. The molecule has 0 amide bonds. The van der Waals surface area contributed by atoms with E-state index in [2.05, 4.69) is 4.40 Å². The summed E-state index contributed by atoms with van der Waals surface area (Å²) in [6.45, 7) is 1.73. The Morgan fingerprint density at radius 3 is 2.64 bits per heavy atom. The summed E-state index contributed by atoms with van der Waals surface area (Å²) in [5.41, 5.74) is 0.691. The first kappa shape index (κ1) is 18.2. The van der Waals surface area contributed by atoms with Crippen LogP contribution in [-0.2, 0) is 10.0 Å². The highest BCUT2D eigenvalue weighted by Gasteiger charge is 2.40. The lowest BCUT2D eigenvalue weighted by molar-refractivity contribution is -0.184. The largest absolute Gasteiger partial charge is 0.391 e. The van der Waals surface area contributed by atoms with Crippen LogP contribution in [0.1, 0.15) is 12.8 Å². The van der Waals surface area contributed by atoms with E-state index in [9.17, 15) is 21.6 Å². The lowest BCUT2D eigenvalue weighted by Gasteiger charge is -2.32. The van der Waals surface area contributed by atoms with Gasteiger partial charge in [-0.1, -0.05) is 12.2 Å². The van der Waals surface area contributed by atoms with Crippen LogP contribution in [0.2, 0.25) is 0 Å². The van der Waals surface area contributed by atoms with Gasteiger partial charge in [0.05, 0.1) is 11.7 Å². The average Bonchev–Trinajstić information content (AvgIpc) is 2.54. The molecule has 138 valence electrons. The highest BCUT2D eigenvalue weighted by molar-refractivity contribution is 7.90. The number of hydrogen-bond acceptors (Lipinski definition) is 4. The molecule has 0 aliphatic carbocycles. The van der Waals surface area contributed by atoms with Crippen molar-refractivity contribution >= 4 is 15.9 Å². The quantitative estimate of drug-likeness (QED) is 0.760. The first-order valence-electron chi connectivity index (χ1n) is 8.18. The number of sulfonamides is 1. The minimum atomic E-state index is -4.10. The monoisotopic (exact) mass is 375 g/mol. The van der Waals surface area contributed by atoms with Crippen molar-refractivity contribution in [3.8, 4) is 0 Å². The summed E-state index contributed by atoms with van der Waals surface area (Å²) < 4.78 is 65.2. The highest BCUT2D eigenvalue weighted by Crippen LogP contribution is 2.34. The molecule has 0 radical (unpaired) electrons. The van der Waals surface area contributed by atoms with Crippen LogP contribution in [0.5, 0.6) is 0 Å². The zero-order valence-corrected chi connectivity index (χ0v) is 14.4. The van der Waals surface area contributed by atoms with E-state index in [1.165, 1.54) is 0 Å². The standard InChI is InChI=1S/C16H20F3N3O2S/c17-16(18,19)14-5-9-21(10-6-14)7-1-3-13-4-2-8-22-11-12-25(23,24)20-15(13)22/h1-4,8,14H,5-7,9-12H2. The molecule has 3 rings (SSSR count). The summed E-state index contributed by atoms with van der Waals surface area (Å²) in [5.74, 6) is -0.804. The molecule has 5 nitrogen and oxygen atoms in total. The molecule has 9 heteroatoms. The van der Waals surface area contributed by atoms with Gasteiger partial charge in [0, 0.05) is 24.9 Å². The van der Waals surface area contributed by atoms with E-state index in [-0.39, 0.29) is 18.6 Å². The Morgan fingerprint density at radius 1 is 1.24 bits per heavy atom. The fourth-order valence-electron chi connectivity index (χ4n) is 3.14. The van der Waals surface area contributed by atoms with Gasteiger partial charge in [-0.05, 0) is 38.1 Å². The second kappa shape index (κ2) is 6.95. The molecule has 0 N–H and O–H groups in total. The van der Waals surface area contributed by atoms with Crippen LogP contribution in [0.25, 0.3) is 0 Å². The summed E-state index contributed by atoms with van der Waals surface area (Å²) in [4.78, 5) is 3.75. The number of rotatable bonds is 3. The third kappa shape index (κ3) is 4.52. The zero-order chi connectivity index (χ0) is 18.1. The third-order valence-electron chi connectivity index (χ3n) is 4.60. The van der Waals surface area contributed by atoms with E-state index in [1.54, 1.807) is 23.3 Å². The number of halogens is 3. The van der Waals surface area contributed by atoms with Crippen molar-refractivity contribution in [3.05, 3.63) is 36.1 Å². The molecular weight excluding hydrogens is 355 g/mol. The number of allylic oxidation sites excluding steroid dienone is 2. The maximum atomic E-state index is 12.7. The molecule has 1 fully saturated rings. The number of hydrogen-bond donors (Lipinski definition) is 0. The van der Waals surface area contributed by atoms with E-state index in [0.717, 1.165) is 0 Å². The molecule has 0 aromatic heterocycles. The Kier molecular flexibility index (Phi) is 5.06. The lowest BCUT2D eigenvalue weighted by atomic mass is 9.96. The molecule has 3 aliphatic rings. The number of nitrogens with zero attached hydrogens (tertiary/aromatic N) is 3. The van der Waals surface area contributed by atoms with Gasteiger partial charge in [0.25, 0.3) is 10.0 Å². The molecule has 3 aliphatic heterocycles. The van der Waals surface area contributed by atoms with Crippen LogP contribution < -0.4 is 0 Å². The molecule has 0 aromatic carbocycles. The fraction of sp³-hybridized carbons (Fsp3) is 0.562. The molecule has 0 saturated carbocycles. The summed E-state index contributed by atoms with van der Waals surface area (Å²) in [6.07, 6.45) is 5.17. The first-order chi connectivity index (χ1) is 11.7. The number of likely N-dealkylation sites (tertiary alicyclic amines) is 1. The maximum absolute atomic E-state index is 12.7. The van der Waals surface area contributed by atoms with Crippen molar-refractivity contribution < 1.29 is 21.6 Å². The fourth-order valence-corrected chi connectivity index (χ4v) is 4.13. The predicted octanol–water partition coefficient (Wildman–Crippen LogP) is 2.31. The van der Waals surface area contributed by atoms with Crippen molar-refractivity contribution in [2.45, 2.75) is 19.0 Å². The van der Waals surface area contributed by atoms with E-state index in [0.29, 0.717) is 37.6 Å². The van der Waals surface area contributed by atoms with Crippen molar-refractivity contribution in [2.24, 2.45) is 10.3 Å². The van der Waals surface area contributed by atoms with Crippen molar-refractivity contribution in [1.82, 2.24) is 9.80 Å². The van der Waals surface area contributed by atoms with Crippen LogP contribution in [-0.4, -0.2) is 62.2 Å². The maximum Gasteiger partial charge on any atom is 0.391 e. The van der Waals surface area contributed by atoms with Gasteiger partial charge >= 0.3 is 6.18 Å². The Morgan fingerprint density at radius 2 is 1.96 bits per heavy atom. The molecule has 25 heavy (non-hydrogen) atoms. The Labute approximate surface area is 145 Å². The van der Waals surface area contributed by atoms with Gasteiger partial charge < -0.3 is 4.90 Å². The minimum Gasteiger partial charge on any atom is -0.331 e. The predicted molar refractivity (Wildman–Crippen MR) is 89.5 cm³/mol. The van der Waals surface area contributed by atoms with Crippen molar-refractivity contribution in [2.75, 3.05) is 31.9 Å². The number of alkyl halides is 3. The van der Waals surface area contributed by atoms with E-state index < -0.39 is 22.1 Å². The van der Waals surface area contributed by atoms with Gasteiger partial charge in [0.1, 0.15) is 0 Å². The number of amidine groups is 1. The Hall–Kier alpha value is -1.61. The van der Waals surface area contributed by atoms with Gasteiger partial charge in [-0.2, -0.15) is 13.2 Å². The molecule has 1 saturated heterocycles. The lowest BCUT2D eigenvalue weighted by Crippen LogP contribution is -2.39. The first-order valence-corrected chi connectivity index (χ1v) is 9.79. The second-order valence-corrected chi connectivity index (χ2v) is 8.13. The van der Waals surface area contributed by atoms with Gasteiger partial charge in [-0.3, -0.25) is 4.90 Å². The van der Waals surface area contributed by atoms with Crippen LogP contribution >= 0.6 is 0 Å². The highest BCUT2D eigenvalue weighted by atomic mass is 32.2. The topological polar surface area (TPSA) is 53.0 Å². The van der Waals surface area contributed by atoms with E-state index in [1.807, 2.05) is 17.1 Å². The van der Waals surface area contributed by atoms with Crippen LogP contribution in [0, 0.1) is 5.92 Å². The molecule has 0 atom stereocenters. The summed E-state index contributed by atoms with van der Waals surface area (Å²) in [5, 5.41) is 0. The average molecular weight is 375 g/mol. The summed E-state index contributed by atoms with van der Waals surface area (Å²) in [6, 6.07) is 0. The van der Waals surface area contributed by atoms with Crippen molar-refractivity contribution in [1.29, 1.82) is 0 Å². The summed E-state index contributed by atoms with van der Waals surface area (Å²) in [7, 11) is -3.43. The van der Waals surface area contributed by atoms with Crippen molar-refractivity contribution in [3.63, 3.8) is 0 Å². The number of piperidine rings is 1. The van der Waals surface area contributed by atoms with E-state index in [4.69, 9.17) is 0 Å². The van der Waals surface area contributed by atoms with Crippen LogP contribution in [0.15, 0.2) is 40.5 Å². The van der Waals surface area contributed by atoms with Crippen LogP contribution in [0.3, 0.4) is 0 Å². The Balaban J connectivity index is 1.59. The minimum absolute atomic E-state index is 0.00795. The molecule has 0 bridgehead atoms. The van der Waals surface area contributed by atoms with E-state index >= 15 is 0 Å². The number of fused-ring (bicyclic) bond motifs is 1. The van der Waals surface area contributed by atoms with Crippen LogP contribution in [0.4, 0.5) is 13.2 Å². The normalized spacial score (nSPS) is 25.0.